The SMILES string of the molecule is CC(C)(C)OC(=O)N1C[C@H](N)C[C@H]1Cn1ccnn1. The number of carbonyl (C=O) groups is 1. The first-order chi connectivity index (χ1) is 8.85. The van der Waals surface area contributed by atoms with Gasteiger partial charge in [-0.05, 0) is 27.2 Å². The Balaban J connectivity index is 2.03. The molecule has 0 unspecified atom stereocenters. The Kier molecular flexibility index (Phi) is 3.75. The van der Waals surface area contributed by atoms with Crippen molar-refractivity contribution in [3.05, 3.63) is 12.4 Å². The fraction of sp³-hybridized carbons (Fsp3) is 0.750. The normalized spacial score (nSPS) is 23.7. The molecular weight excluding hydrogens is 246 g/mol. The molecule has 0 radical (unpaired) electrons. The summed E-state index contributed by atoms with van der Waals surface area (Å²) < 4.78 is 7.11. The molecule has 1 saturated heterocycles. The first kappa shape index (κ1) is 13.8. The molecule has 2 rings (SSSR count). The Morgan fingerprint density at radius 3 is 2.84 bits per heavy atom. The maximum absolute atomic E-state index is 12.1. The zero-order valence-corrected chi connectivity index (χ0v) is 11.6. The number of aromatic nitrogens is 3. The van der Waals surface area contributed by atoms with Gasteiger partial charge in [-0.1, -0.05) is 5.21 Å². The molecule has 2 N–H and O–H groups in total. The molecule has 1 amide bonds. The summed E-state index contributed by atoms with van der Waals surface area (Å²) in [5.41, 5.74) is 5.45. The molecule has 19 heavy (non-hydrogen) atoms. The zero-order chi connectivity index (χ0) is 14.0. The topological polar surface area (TPSA) is 86.3 Å². The summed E-state index contributed by atoms with van der Waals surface area (Å²) in [6.45, 7) is 6.68. The van der Waals surface area contributed by atoms with E-state index in [1.54, 1.807) is 22.0 Å². The number of carbonyl (C=O) groups excluding carboxylic acids is 1. The molecule has 1 fully saturated rings. The molecule has 0 aliphatic carbocycles. The summed E-state index contributed by atoms with van der Waals surface area (Å²) in [4.78, 5) is 13.8. The Labute approximate surface area is 112 Å². The van der Waals surface area contributed by atoms with Crippen LogP contribution < -0.4 is 5.73 Å². The smallest absolute Gasteiger partial charge is 0.410 e. The van der Waals surface area contributed by atoms with Crippen molar-refractivity contribution in [2.45, 2.75) is 51.4 Å². The monoisotopic (exact) mass is 267 g/mol. The quantitative estimate of drug-likeness (QED) is 0.848. The van der Waals surface area contributed by atoms with Crippen LogP contribution in [0.2, 0.25) is 0 Å². The molecule has 7 heteroatoms. The highest BCUT2D eigenvalue weighted by atomic mass is 16.6. The van der Waals surface area contributed by atoms with Gasteiger partial charge in [0, 0.05) is 18.8 Å². The van der Waals surface area contributed by atoms with Crippen molar-refractivity contribution >= 4 is 6.09 Å². The summed E-state index contributed by atoms with van der Waals surface area (Å²) in [6, 6.07) is -0.00686. The Morgan fingerprint density at radius 2 is 2.26 bits per heavy atom. The molecule has 1 aliphatic rings. The van der Waals surface area contributed by atoms with Crippen LogP contribution >= 0.6 is 0 Å². The highest BCUT2D eigenvalue weighted by molar-refractivity contribution is 5.69. The summed E-state index contributed by atoms with van der Waals surface area (Å²) >= 11 is 0. The number of nitrogens with zero attached hydrogens (tertiary/aromatic N) is 4. The van der Waals surface area contributed by atoms with E-state index in [1.807, 2.05) is 20.8 Å². The van der Waals surface area contributed by atoms with Gasteiger partial charge in [0.05, 0.1) is 18.8 Å². The van der Waals surface area contributed by atoms with Crippen LogP contribution in [0.4, 0.5) is 4.79 Å². The van der Waals surface area contributed by atoms with Gasteiger partial charge in [-0.15, -0.1) is 5.10 Å². The standard InChI is InChI=1S/C12H21N5O2/c1-12(2,3)19-11(18)17-7-9(13)6-10(17)8-16-5-4-14-15-16/h4-5,9-10H,6-8,13H2,1-3H3/t9-,10+/m1/s1. The van der Waals surface area contributed by atoms with Gasteiger partial charge in [0.2, 0.25) is 0 Å². The molecule has 0 saturated carbocycles. The van der Waals surface area contributed by atoms with E-state index in [2.05, 4.69) is 10.3 Å². The zero-order valence-electron chi connectivity index (χ0n) is 11.6. The van der Waals surface area contributed by atoms with Crippen LogP contribution in [-0.4, -0.2) is 50.2 Å². The lowest BCUT2D eigenvalue weighted by molar-refractivity contribution is 0.0209. The molecule has 0 spiro atoms. The Bertz CT molecular complexity index is 426. The van der Waals surface area contributed by atoms with Gasteiger partial charge in [0.25, 0.3) is 0 Å². The molecule has 2 atom stereocenters. The molecule has 7 nitrogen and oxygen atoms in total. The van der Waals surface area contributed by atoms with E-state index in [1.165, 1.54) is 0 Å². The minimum Gasteiger partial charge on any atom is -0.444 e. The molecule has 1 aromatic heterocycles. The Morgan fingerprint density at radius 1 is 1.53 bits per heavy atom. The van der Waals surface area contributed by atoms with Crippen molar-refractivity contribution in [2.75, 3.05) is 6.54 Å². The number of likely N-dealkylation sites (tertiary alicyclic amines) is 1. The van der Waals surface area contributed by atoms with Gasteiger partial charge in [-0.3, -0.25) is 4.68 Å². The lowest BCUT2D eigenvalue weighted by atomic mass is 10.2. The summed E-state index contributed by atoms with van der Waals surface area (Å²) in [7, 11) is 0. The molecule has 106 valence electrons. The van der Waals surface area contributed by atoms with Crippen LogP contribution in [0, 0.1) is 0 Å². The highest BCUT2D eigenvalue weighted by Crippen LogP contribution is 2.21. The second-order valence-electron chi connectivity index (χ2n) is 5.91. The first-order valence-electron chi connectivity index (χ1n) is 6.44. The third-order valence-corrected chi connectivity index (χ3v) is 2.94. The van der Waals surface area contributed by atoms with E-state index in [4.69, 9.17) is 10.5 Å². The Hall–Kier alpha value is -1.63. The van der Waals surface area contributed by atoms with E-state index in [-0.39, 0.29) is 18.2 Å². The lowest BCUT2D eigenvalue weighted by Gasteiger charge is -2.28. The average molecular weight is 267 g/mol. The summed E-state index contributed by atoms with van der Waals surface area (Å²) in [6.07, 6.45) is 3.83. The summed E-state index contributed by atoms with van der Waals surface area (Å²) in [5.74, 6) is 0. The van der Waals surface area contributed by atoms with Crippen LogP contribution in [0.5, 0.6) is 0 Å². The number of hydrogen-bond donors (Lipinski definition) is 1. The first-order valence-corrected chi connectivity index (χ1v) is 6.44. The van der Waals surface area contributed by atoms with Gasteiger partial charge in [0.15, 0.2) is 0 Å². The van der Waals surface area contributed by atoms with Gasteiger partial charge >= 0.3 is 6.09 Å². The van der Waals surface area contributed by atoms with Crippen LogP contribution in [0.3, 0.4) is 0 Å². The number of amides is 1. The lowest BCUT2D eigenvalue weighted by Crippen LogP contribution is -2.42. The van der Waals surface area contributed by atoms with Crippen molar-refractivity contribution < 1.29 is 9.53 Å². The average Bonchev–Trinajstić information content (AvgIpc) is 2.86. The molecule has 1 aliphatic heterocycles. The fourth-order valence-electron chi connectivity index (χ4n) is 2.22. The minimum atomic E-state index is -0.498. The van der Waals surface area contributed by atoms with Gasteiger partial charge in [-0.25, -0.2) is 4.79 Å². The maximum Gasteiger partial charge on any atom is 0.410 e. The van der Waals surface area contributed by atoms with E-state index in [9.17, 15) is 4.79 Å². The van der Waals surface area contributed by atoms with Crippen LogP contribution in [-0.2, 0) is 11.3 Å². The third kappa shape index (κ3) is 3.66. The van der Waals surface area contributed by atoms with Crippen LogP contribution in [0.25, 0.3) is 0 Å². The third-order valence-electron chi connectivity index (χ3n) is 2.94. The van der Waals surface area contributed by atoms with E-state index in [0.29, 0.717) is 13.1 Å². The van der Waals surface area contributed by atoms with E-state index < -0.39 is 5.60 Å². The molecule has 2 heterocycles. The van der Waals surface area contributed by atoms with E-state index in [0.717, 1.165) is 6.42 Å². The maximum atomic E-state index is 12.1. The van der Waals surface area contributed by atoms with E-state index >= 15 is 0 Å². The van der Waals surface area contributed by atoms with Crippen molar-refractivity contribution in [1.82, 2.24) is 19.9 Å². The second-order valence-corrected chi connectivity index (χ2v) is 5.91. The predicted octanol–water partition coefficient (Wildman–Crippen LogP) is 0.615. The predicted molar refractivity (Wildman–Crippen MR) is 69.3 cm³/mol. The van der Waals surface area contributed by atoms with Crippen molar-refractivity contribution in [3.8, 4) is 0 Å². The molecular formula is C12H21N5O2. The number of nitrogens with two attached hydrogens (primary N) is 1. The number of rotatable bonds is 2. The second kappa shape index (κ2) is 5.16. The van der Waals surface area contributed by atoms with Crippen molar-refractivity contribution in [3.63, 3.8) is 0 Å². The largest absolute Gasteiger partial charge is 0.444 e. The molecule has 0 aromatic carbocycles. The van der Waals surface area contributed by atoms with Crippen LogP contribution in [0.15, 0.2) is 12.4 Å². The van der Waals surface area contributed by atoms with Gasteiger partial charge in [0.1, 0.15) is 5.60 Å². The molecule has 0 bridgehead atoms. The highest BCUT2D eigenvalue weighted by Gasteiger charge is 2.36. The van der Waals surface area contributed by atoms with Gasteiger partial charge in [-0.2, -0.15) is 0 Å². The van der Waals surface area contributed by atoms with Gasteiger partial charge < -0.3 is 15.4 Å². The minimum absolute atomic E-state index is 0.00606. The number of hydrogen-bond acceptors (Lipinski definition) is 5. The number of ether oxygens (including phenoxy) is 1. The summed E-state index contributed by atoms with van der Waals surface area (Å²) in [5, 5.41) is 7.68. The van der Waals surface area contributed by atoms with Crippen molar-refractivity contribution in [1.29, 1.82) is 0 Å². The van der Waals surface area contributed by atoms with Crippen molar-refractivity contribution in [2.24, 2.45) is 5.73 Å². The fourth-order valence-corrected chi connectivity index (χ4v) is 2.22. The molecule has 1 aromatic rings. The van der Waals surface area contributed by atoms with Crippen LogP contribution in [0.1, 0.15) is 27.2 Å².